The maximum atomic E-state index is 12.8. The number of nitrogen functional groups attached to an aromatic ring is 1. The van der Waals surface area contributed by atoms with Crippen molar-refractivity contribution >= 4 is 11.8 Å². The molecule has 2 heterocycles. The average molecular weight is 356 g/mol. The molecule has 0 atom stereocenters. The summed E-state index contributed by atoms with van der Waals surface area (Å²) < 4.78 is 32.6. The molecular weight excluding hydrogens is 330 g/mol. The zero-order chi connectivity index (χ0) is 18.4. The number of hydrogen-bond donors (Lipinski definition) is 1. The van der Waals surface area contributed by atoms with Gasteiger partial charge < -0.3 is 15.4 Å². The zero-order valence-corrected chi connectivity index (χ0v) is 15.0. The van der Waals surface area contributed by atoms with Crippen molar-refractivity contribution in [2.45, 2.75) is 64.5 Å². The second-order valence-electron chi connectivity index (χ2n) is 8.28. The van der Waals surface area contributed by atoms with E-state index in [1.807, 2.05) is 20.8 Å². The van der Waals surface area contributed by atoms with E-state index in [-0.39, 0.29) is 28.9 Å². The maximum absolute atomic E-state index is 12.8. The van der Waals surface area contributed by atoms with Gasteiger partial charge >= 0.3 is 6.09 Å². The van der Waals surface area contributed by atoms with Gasteiger partial charge in [0.2, 0.25) is 0 Å². The molecule has 1 aromatic heterocycles. The summed E-state index contributed by atoms with van der Waals surface area (Å²) in [6.07, 6.45) is 2.18. The number of nitrogens with two attached hydrogens (primary N) is 1. The molecule has 0 bridgehead atoms. The van der Waals surface area contributed by atoms with Crippen LogP contribution in [0.4, 0.5) is 19.3 Å². The van der Waals surface area contributed by atoms with E-state index < -0.39 is 12.0 Å². The fraction of sp³-hybridized carbons (Fsp3) is 0.765. The van der Waals surface area contributed by atoms with E-state index >= 15 is 0 Å². The van der Waals surface area contributed by atoms with Crippen LogP contribution in [0.5, 0.6) is 0 Å². The molecule has 1 saturated carbocycles. The highest BCUT2D eigenvalue weighted by Gasteiger charge is 2.48. The van der Waals surface area contributed by atoms with Crippen molar-refractivity contribution in [3.8, 4) is 0 Å². The van der Waals surface area contributed by atoms with Gasteiger partial charge in [0.25, 0.3) is 6.43 Å². The van der Waals surface area contributed by atoms with Gasteiger partial charge in [0.1, 0.15) is 5.60 Å². The van der Waals surface area contributed by atoms with Gasteiger partial charge in [-0.3, -0.25) is 4.68 Å². The molecule has 1 aliphatic heterocycles. The van der Waals surface area contributed by atoms with Crippen molar-refractivity contribution in [2.75, 3.05) is 18.8 Å². The Morgan fingerprint density at radius 2 is 1.96 bits per heavy atom. The summed E-state index contributed by atoms with van der Waals surface area (Å²) in [4.78, 5) is 13.9. The molecule has 2 N–H and O–H groups in total. The van der Waals surface area contributed by atoms with Crippen molar-refractivity contribution in [1.29, 1.82) is 0 Å². The minimum Gasteiger partial charge on any atom is -0.444 e. The molecule has 2 fully saturated rings. The third kappa shape index (κ3) is 3.72. The topological polar surface area (TPSA) is 73.4 Å². The number of likely N-dealkylation sites (tertiary alicyclic amines) is 1. The van der Waals surface area contributed by atoms with Crippen molar-refractivity contribution in [1.82, 2.24) is 14.7 Å². The highest BCUT2D eigenvalue weighted by molar-refractivity contribution is 5.68. The number of halogens is 2. The molecule has 0 unspecified atom stereocenters. The molecule has 1 saturated heterocycles. The van der Waals surface area contributed by atoms with Gasteiger partial charge in [-0.15, -0.1) is 0 Å². The normalized spacial score (nSPS) is 20.8. The average Bonchev–Trinajstić information content (AvgIpc) is 2.85. The first kappa shape index (κ1) is 17.9. The predicted octanol–water partition coefficient (Wildman–Crippen LogP) is 3.76. The Kier molecular flexibility index (Phi) is 4.41. The number of hydrogen-bond acceptors (Lipinski definition) is 4. The summed E-state index contributed by atoms with van der Waals surface area (Å²) in [6, 6.07) is 0.114. The van der Waals surface area contributed by atoms with Crippen molar-refractivity contribution in [2.24, 2.45) is 5.41 Å². The molecule has 25 heavy (non-hydrogen) atoms. The second-order valence-corrected chi connectivity index (χ2v) is 8.28. The van der Waals surface area contributed by atoms with E-state index in [1.54, 1.807) is 9.58 Å². The number of aromatic nitrogens is 2. The van der Waals surface area contributed by atoms with Gasteiger partial charge in [0.05, 0.1) is 11.7 Å². The SMILES string of the molecule is CC(C)(C)OC(=O)N1CCC2(CC1)CC(n1cc(N)c(C(F)F)n1)C2. The quantitative estimate of drug-likeness (QED) is 0.876. The van der Waals surface area contributed by atoms with E-state index in [2.05, 4.69) is 5.10 Å². The summed E-state index contributed by atoms with van der Waals surface area (Å²) in [7, 11) is 0. The van der Waals surface area contributed by atoms with Crippen LogP contribution in [0.25, 0.3) is 0 Å². The molecule has 1 amide bonds. The van der Waals surface area contributed by atoms with E-state index in [1.165, 1.54) is 6.20 Å². The number of ether oxygens (including phenoxy) is 1. The largest absolute Gasteiger partial charge is 0.444 e. The number of alkyl halides is 2. The molecule has 2 aliphatic rings. The lowest BCUT2D eigenvalue weighted by Crippen LogP contribution is -2.50. The molecule has 0 radical (unpaired) electrons. The van der Waals surface area contributed by atoms with Crippen LogP contribution in [-0.2, 0) is 4.74 Å². The number of piperidine rings is 1. The smallest absolute Gasteiger partial charge is 0.410 e. The van der Waals surface area contributed by atoms with Gasteiger partial charge in [0, 0.05) is 19.3 Å². The van der Waals surface area contributed by atoms with Crippen LogP contribution in [0.3, 0.4) is 0 Å². The number of carbonyl (C=O) groups excluding carboxylic acids is 1. The monoisotopic (exact) mass is 356 g/mol. The van der Waals surface area contributed by atoms with Gasteiger partial charge in [-0.05, 0) is 51.9 Å². The van der Waals surface area contributed by atoms with Crippen molar-refractivity contribution < 1.29 is 18.3 Å². The Hall–Kier alpha value is -1.86. The highest BCUT2D eigenvalue weighted by Crippen LogP contribution is 2.54. The molecule has 1 aromatic rings. The fourth-order valence-corrected chi connectivity index (χ4v) is 3.80. The Morgan fingerprint density at radius 1 is 1.36 bits per heavy atom. The molecule has 140 valence electrons. The van der Waals surface area contributed by atoms with E-state index in [0.717, 1.165) is 25.7 Å². The van der Waals surface area contributed by atoms with Gasteiger partial charge in [0.15, 0.2) is 5.69 Å². The highest BCUT2D eigenvalue weighted by atomic mass is 19.3. The Labute approximate surface area is 146 Å². The minimum atomic E-state index is -2.65. The molecule has 0 aromatic carbocycles. The van der Waals surface area contributed by atoms with Gasteiger partial charge in [-0.25, -0.2) is 13.6 Å². The summed E-state index contributed by atoms with van der Waals surface area (Å²) in [6.45, 7) is 6.92. The first-order chi connectivity index (χ1) is 11.6. The summed E-state index contributed by atoms with van der Waals surface area (Å²) in [5, 5.41) is 3.95. The Bertz CT molecular complexity index is 638. The predicted molar refractivity (Wildman–Crippen MR) is 89.3 cm³/mol. The molecule has 1 spiro atoms. The number of nitrogens with zero attached hydrogens (tertiary/aromatic N) is 3. The number of rotatable bonds is 2. The fourth-order valence-electron chi connectivity index (χ4n) is 3.80. The number of anilines is 1. The van der Waals surface area contributed by atoms with Crippen LogP contribution in [0.1, 0.15) is 64.6 Å². The third-order valence-corrected chi connectivity index (χ3v) is 5.18. The maximum Gasteiger partial charge on any atom is 0.410 e. The molecular formula is C17H26F2N4O2. The summed E-state index contributed by atoms with van der Waals surface area (Å²) in [5.74, 6) is 0. The van der Waals surface area contributed by atoms with Crippen LogP contribution in [0.15, 0.2) is 6.20 Å². The Morgan fingerprint density at radius 3 is 2.44 bits per heavy atom. The third-order valence-electron chi connectivity index (χ3n) is 5.18. The Balaban J connectivity index is 1.53. The summed E-state index contributed by atoms with van der Waals surface area (Å²) >= 11 is 0. The van der Waals surface area contributed by atoms with E-state index in [0.29, 0.717) is 13.1 Å². The lowest BCUT2D eigenvalue weighted by atomic mass is 9.60. The van der Waals surface area contributed by atoms with Crippen LogP contribution in [0, 0.1) is 5.41 Å². The number of carbonyl (C=O) groups is 1. The minimum absolute atomic E-state index is 0.0516. The molecule has 8 heteroatoms. The van der Waals surface area contributed by atoms with Gasteiger partial charge in [-0.1, -0.05) is 0 Å². The lowest BCUT2D eigenvalue weighted by Gasteiger charge is -2.52. The first-order valence-electron chi connectivity index (χ1n) is 8.69. The standard InChI is InChI=1S/C17H26F2N4O2/c1-16(2,3)25-15(24)22-6-4-17(5-7-22)8-11(9-17)23-10-12(20)13(21-23)14(18)19/h10-11,14H,4-9,20H2,1-3H3. The van der Waals surface area contributed by atoms with Crippen LogP contribution in [0.2, 0.25) is 0 Å². The molecule has 1 aliphatic carbocycles. The van der Waals surface area contributed by atoms with E-state index in [9.17, 15) is 13.6 Å². The van der Waals surface area contributed by atoms with Crippen LogP contribution in [-0.4, -0.2) is 39.5 Å². The zero-order valence-electron chi connectivity index (χ0n) is 15.0. The second kappa shape index (κ2) is 6.14. The van der Waals surface area contributed by atoms with E-state index in [4.69, 9.17) is 10.5 Å². The van der Waals surface area contributed by atoms with Crippen LogP contribution < -0.4 is 5.73 Å². The van der Waals surface area contributed by atoms with Crippen molar-refractivity contribution in [3.05, 3.63) is 11.9 Å². The van der Waals surface area contributed by atoms with Crippen LogP contribution >= 0.6 is 0 Å². The first-order valence-corrected chi connectivity index (χ1v) is 8.69. The van der Waals surface area contributed by atoms with Gasteiger partial charge in [-0.2, -0.15) is 5.10 Å². The lowest BCUT2D eigenvalue weighted by molar-refractivity contribution is -0.0261. The molecule has 3 rings (SSSR count). The molecule has 6 nitrogen and oxygen atoms in total. The number of amides is 1. The summed E-state index contributed by atoms with van der Waals surface area (Å²) in [5.41, 5.74) is 5.01. The van der Waals surface area contributed by atoms with Crippen molar-refractivity contribution in [3.63, 3.8) is 0 Å².